The summed E-state index contributed by atoms with van der Waals surface area (Å²) in [6, 6.07) is 0. The molecule has 0 amide bonds. The quantitative estimate of drug-likeness (QED) is 0.0222. The van der Waals surface area contributed by atoms with Gasteiger partial charge in [0.1, 0.15) is 19.3 Å². The van der Waals surface area contributed by atoms with Gasteiger partial charge in [-0.2, -0.15) is 0 Å². The molecule has 0 aliphatic rings. The minimum Gasteiger partial charge on any atom is -0.462 e. The van der Waals surface area contributed by atoms with Gasteiger partial charge in [-0.3, -0.25) is 37.3 Å². The lowest BCUT2D eigenvalue weighted by Crippen LogP contribution is -2.30. The number of hydrogen-bond donors (Lipinski definition) is 3. The minimum atomic E-state index is -4.96. The number of carbonyl (C=O) groups is 4. The molecule has 19 heteroatoms. The minimum absolute atomic E-state index is 0.103. The van der Waals surface area contributed by atoms with E-state index in [9.17, 15) is 43.2 Å². The summed E-state index contributed by atoms with van der Waals surface area (Å²) in [5.41, 5.74) is 0. The van der Waals surface area contributed by atoms with E-state index < -0.39 is 97.5 Å². The van der Waals surface area contributed by atoms with Crippen LogP contribution in [0.1, 0.15) is 383 Å². The normalized spacial score (nSPS) is 14.1. The largest absolute Gasteiger partial charge is 0.472 e. The summed E-state index contributed by atoms with van der Waals surface area (Å²) in [5, 5.41) is 10.6. The van der Waals surface area contributed by atoms with Gasteiger partial charge < -0.3 is 33.8 Å². The lowest BCUT2D eigenvalue weighted by molar-refractivity contribution is -0.161. The number of ether oxygens (including phenoxy) is 4. The summed E-state index contributed by atoms with van der Waals surface area (Å²) < 4.78 is 68.5. The van der Waals surface area contributed by atoms with Gasteiger partial charge in [-0.1, -0.05) is 331 Å². The molecule has 0 spiro atoms. The average molecular weight is 1400 g/mol. The predicted molar refractivity (Wildman–Crippen MR) is 386 cm³/mol. The second-order valence-electron chi connectivity index (χ2n) is 29.3. The summed E-state index contributed by atoms with van der Waals surface area (Å²) in [4.78, 5) is 72.7. The van der Waals surface area contributed by atoms with Crippen molar-refractivity contribution in [1.82, 2.24) is 0 Å². The topological polar surface area (TPSA) is 237 Å². The highest BCUT2D eigenvalue weighted by Crippen LogP contribution is 2.45. The standard InChI is InChI=1S/C76H148O17P2/c1-66(2)52-44-36-28-22-18-14-11-9-10-12-16-20-24-32-40-48-56-73(78)86-62-72(93-76(81)59-51-43-35-27-31-39-47-55-69(7)8)65-91-95(84,85)89-61-70(77)60-88-94(82,83)90-64-71(63-87-74(79)57-49-41-34-26-30-38-46-54-68(5)6)92-75(80)58-50-42-33-25-21-17-13-15-19-23-29-37-45-53-67(3)4/h66-72,77H,9-65H2,1-8H3,(H,82,83)(H,84,85)/t70?,71-,72-/m1/s1. The first-order chi connectivity index (χ1) is 45.6. The number of phosphoric acid groups is 2. The molecule has 0 radical (unpaired) electrons. The van der Waals surface area contributed by atoms with Crippen LogP contribution in [0.4, 0.5) is 0 Å². The number of phosphoric ester groups is 2. The van der Waals surface area contributed by atoms with Crippen molar-refractivity contribution in [1.29, 1.82) is 0 Å². The number of aliphatic hydroxyl groups excluding tert-OH is 1. The maximum Gasteiger partial charge on any atom is 0.472 e. The number of aliphatic hydroxyl groups is 1. The predicted octanol–water partition coefficient (Wildman–Crippen LogP) is 22.0. The average Bonchev–Trinajstić information content (AvgIpc) is 1.55. The fourth-order valence-electron chi connectivity index (χ4n) is 11.6. The van der Waals surface area contributed by atoms with Crippen molar-refractivity contribution in [2.24, 2.45) is 23.7 Å². The van der Waals surface area contributed by atoms with Gasteiger partial charge in [-0.15, -0.1) is 0 Å². The molecular weight excluding hydrogens is 1250 g/mol. The van der Waals surface area contributed by atoms with Crippen LogP contribution in [0, 0.1) is 23.7 Å². The van der Waals surface area contributed by atoms with Crippen molar-refractivity contribution in [2.45, 2.75) is 401 Å². The van der Waals surface area contributed by atoms with Crippen LogP contribution in [0.15, 0.2) is 0 Å². The van der Waals surface area contributed by atoms with Crippen LogP contribution < -0.4 is 0 Å². The van der Waals surface area contributed by atoms with E-state index in [0.29, 0.717) is 37.5 Å². The third-order valence-electron chi connectivity index (χ3n) is 17.6. The van der Waals surface area contributed by atoms with Gasteiger partial charge in [-0.25, -0.2) is 9.13 Å². The molecule has 0 fully saturated rings. The van der Waals surface area contributed by atoms with E-state index in [1.165, 1.54) is 180 Å². The van der Waals surface area contributed by atoms with E-state index in [0.717, 1.165) is 108 Å². The van der Waals surface area contributed by atoms with Crippen LogP contribution in [0.5, 0.6) is 0 Å². The monoisotopic (exact) mass is 1400 g/mol. The number of hydrogen-bond acceptors (Lipinski definition) is 15. The summed E-state index contributed by atoms with van der Waals surface area (Å²) in [6.07, 6.45) is 50.2. The molecular formula is C76H148O17P2. The molecule has 3 N–H and O–H groups in total. The van der Waals surface area contributed by atoms with E-state index in [1.807, 2.05) is 0 Å². The maximum atomic E-state index is 13.1. The second kappa shape index (κ2) is 65.4. The third-order valence-corrected chi connectivity index (χ3v) is 19.5. The van der Waals surface area contributed by atoms with Crippen molar-refractivity contribution in [2.75, 3.05) is 39.6 Å². The van der Waals surface area contributed by atoms with Crippen molar-refractivity contribution < 1.29 is 80.2 Å². The molecule has 0 saturated carbocycles. The molecule has 0 aromatic carbocycles. The molecule has 0 heterocycles. The van der Waals surface area contributed by atoms with Crippen molar-refractivity contribution in [3.8, 4) is 0 Å². The Labute approximate surface area is 581 Å². The maximum absolute atomic E-state index is 13.1. The van der Waals surface area contributed by atoms with Gasteiger partial charge in [0.05, 0.1) is 26.4 Å². The zero-order chi connectivity index (χ0) is 70.3. The van der Waals surface area contributed by atoms with Crippen molar-refractivity contribution in [3.05, 3.63) is 0 Å². The fourth-order valence-corrected chi connectivity index (χ4v) is 13.1. The Morgan fingerprint density at radius 3 is 0.653 bits per heavy atom. The highest BCUT2D eigenvalue weighted by atomic mass is 31.2. The first-order valence-electron chi connectivity index (χ1n) is 39.2. The molecule has 95 heavy (non-hydrogen) atoms. The molecule has 17 nitrogen and oxygen atoms in total. The summed E-state index contributed by atoms with van der Waals surface area (Å²) in [7, 11) is -9.91. The van der Waals surface area contributed by atoms with Crippen LogP contribution >= 0.6 is 15.6 Å². The van der Waals surface area contributed by atoms with Crippen LogP contribution in [0.3, 0.4) is 0 Å². The first kappa shape index (κ1) is 93.1. The molecule has 564 valence electrons. The molecule has 0 aliphatic carbocycles. The molecule has 0 aliphatic heterocycles. The van der Waals surface area contributed by atoms with Crippen molar-refractivity contribution in [3.63, 3.8) is 0 Å². The van der Waals surface area contributed by atoms with Gasteiger partial charge in [-0.05, 0) is 49.4 Å². The van der Waals surface area contributed by atoms with Gasteiger partial charge >= 0.3 is 39.5 Å². The SMILES string of the molecule is CC(C)CCCCCCCCCCCCCCCCCCC(=O)OC[C@H](COP(=O)(O)OCC(O)COP(=O)(O)OC[C@@H](COC(=O)CCCCCCCCCC(C)C)OC(=O)CCCCCCCCCCCCCCCC(C)C)OC(=O)CCCCCCCCCC(C)C. The number of carbonyl (C=O) groups excluding carboxylic acids is 4. The molecule has 0 aromatic rings. The Bertz CT molecular complexity index is 1870. The van der Waals surface area contributed by atoms with Crippen LogP contribution in [-0.2, 0) is 65.4 Å². The molecule has 5 atom stereocenters. The highest BCUT2D eigenvalue weighted by Gasteiger charge is 2.30. The summed E-state index contributed by atoms with van der Waals surface area (Å²) in [6.45, 7) is 14.1. The lowest BCUT2D eigenvalue weighted by Gasteiger charge is -2.21. The third kappa shape index (κ3) is 70.3. The van der Waals surface area contributed by atoms with E-state index in [4.69, 9.17) is 37.0 Å². The van der Waals surface area contributed by atoms with Crippen LogP contribution in [0.2, 0.25) is 0 Å². The highest BCUT2D eigenvalue weighted by molar-refractivity contribution is 7.47. The van der Waals surface area contributed by atoms with E-state index in [-0.39, 0.29) is 25.7 Å². The van der Waals surface area contributed by atoms with Gasteiger partial charge in [0, 0.05) is 25.7 Å². The smallest absolute Gasteiger partial charge is 0.462 e. The zero-order valence-corrected chi connectivity index (χ0v) is 64.1. The van der Waals surface area contributed by atoms with Crippen molar-refractivity contribution >= 4 is 39.5 Å². The fraction of sp³-hybridized carbons (Fsp3) is 0.947. The van der Waals surface area contributed by atoms with E-state index >= 15 is 0 Å². The van der Waals surface area contributed by atoms with E-state index in [1.54, 1.807) is 0 Å². The Morgan fingerprint density at radius 1 is 0.263 bits per heavy atom. The molecule has 0 aromatic heterocycles. The molecule has 3 unspecified atom stereocenters. The Morgan fingerprint density at radius 2 is 0.442 bits per heavy atom. The summed E-state index contributed by atoms with van der Waals surface area (Å²) >= 11 is 0. The number of esters is 4. The Hall–Kier alpha value is -1.94. The van der Waals surface area contributed by atoms with Gasteiger partial charge in [0.2, 0.25) is 0 Å². The Balaban J connectivity index is 5.17. The van der Waals surface area contributed by atoms with Gasteiger partial charge in [0.25, 0.3) is 0 Å². The van der Waals surface area contributed by atoms with Crippen LogP contribution in [-0.4, -0.2) is 96.7 Å². The molecule has 0 saturated heterocycles. The number of rotatable bonds is 73. The van der Waals surface area contributed by atoms with Gasteiger partial charge in [0.15, 0.2) is 12.2 Å². The Kier molecular flexibility index (Phi) is 64.0. The summed E-state index contributed by atoms with van der Waals surface area (Å²) in [5.74, 6) is 0.876. The van der Waals surface area contributed by atoms with Crippen LogP contribution in [0.25, 0.3) is 0 Å². The zero-order valence-electron chi connectivity index (χ0n) is 62.3. The van der Waals surface area contributed by atoms with E-state index in [2.05, 4.69) is 55.4 Å². The number of unbranched alkanes of at least 4 members (excludes halogenated alkanes) is 39. The second-order valence-corrected chi connectivity index (χ2v) is 32.2. The molecule has 0 rings (SSSR count). The molecule has 0 bridgehead atoms. The lowest BCUT2D eigenvalue weighted by atomic mass is 10.0. The first-order valence-corrected chi connectivity index (χ1v) is 42.2.